The van der Waals surface area contributed by atoms with Gasteiger partial charge in [-0.15, -0.1) is 0 Å². The Kier molecular flexibility index (Phi) is 3.44. The highest BCUT2D eigenvalue weighted by atomic mass is 16.5. The summed E-state index contributed by atoms with van der Waals surface area (Å²) in [5, 5.41) is 10.5. The molecule has 0 aromatic heterocycles. The Labute approximate surface area is 127 Å². The van der Waals surface area contributed by atoms with Crippen LogP contribution in [0.3, 0.4) is 0 Å². The molecule has 0 saturated heterocycles. The Bertz CT molecular complexity index is 533. The third-order valence-corrected chi connectivity index (χ3v) is 4.80. The summed E-state index contributed by atoms with van der Waals surface area (Å²) >= 11 is 0. The zero-order valence-corrected chi connectivity index (χ0v) is 13.5. The third-order valence-electron chi connectivity index (χ3n) is 4.80. The second-order valence-electron chi connectivity index (χ2n) is 7.76. The minimum Gasteiger partial charge on any atom is -0.484 e. The number of aliphatic hydroxyl groups excluding tert-OH is 1. The summed E-state index contributed by atoms with van der Waals surface area (Å²) in [6.07, 6.45) is 3.36. The maximum atomic E-state index is 10.5. The fourth-order valence-corrected chi connectivity index (χ4v) is 3.53. The molecule has 0 bridgehead atoms. The molecule has 3 heteroatoms. The molecule has 2 aliphatic rings. The summed E-state index contributed by atoms with van der Waals surface area (Å²) < 4.78 is 12.2. The van der Waals surface area contributed by atoms with Gasteiger partial charge in [0.2, 0.25) is 0 Å². The summed E-state index contributed by atoms with van der Waals surface area (Å²) in [5.74, 6) is 1.64. The van der Waals surface area contributed by atoms with E-state index in [1.54, 1.807) is 0 Å². The van der Waals surface area contributed by atoms with Crippen molar-refractivity contribution in [2.45, 2.75) is 71.2 Å². The molecular weight excluding hydrogens is 264 g/mol. The molecular formula is C18H26O3. The number of fused-ring (bicyclic) bond motifs is 1. The van der Waals surface area contributed by atoms with Crippen LogP contribution >= 0.6 is 0 Å². The average molecular weight is 290 g/mol. The zero-order valence-electron chi connectivity index (χ0n) is 13.5. The number of rotatable bonds is 2. The highest BCUT2D eigenvalue weighted by Gasteiger charge is 2.40. The quantitative estimate of drug-likeness (QED) is 0.902. The van der Waals surface area contributed by atoms with E-state index in [1.165, 1.54) is 5.56 Å². The van der Waals surface area contributed by atoms with Crippen LogP contribution < -0.4 is 9.47 Å². The van der Waals surface area contributed by atoms with E-state index in [1.807, 2.05) is 12.1 Å². The van der Waals surface area contributed by atoms with Gasteiger partial charge >= 0.3 is 0 Å². The maximum Gasteiger partial charge on any atom is 0.165 e. The molecule has 0 amide bonds. The Morgan fingerprint density at radius 3 is 2.76 bits per heavy atom. The molecule has 2 atom stereocenters. The molecule has 116 valence electrons. The summed E-state index contributed by atoms with van der Waals surface area (Å²) in [4.78, 5) is 0. The molecule has 3 rings (SSSR count). The standard InChI is InChI=1S/C18H26O3/c1-17(2)10-6-9-14(16(17)19)20-13-8-5-7-12-11-18(3,4)21-15(12)13/h5,7-8,14,16,19H,6,9-11H2,1-4H3. The fourth-order valence-electron chi connectivity index (χ4n) is 3.53. The predicted molar refractivity (Wildman–Crippen MR) is 82.9 cm³/mol. The molecule has 1 N–H and O–H groups in total. The molecule has 1 aromatic rings. The highest BCUT2D eigenvalue weighted by molar-refractivity contribution is 5.50. The Hall–Kier alpha value is -1.22. The van der Waals surface area contributed by atoms with Crippen molar-refractivity contribution in [3.05, 3.63) is 23.8 Å². The molecule has 1 heterocycles. The fraction of sp³-hybridized carbons (Fsp3) is 0.667. The number of para-hydroxylation sites is 1. The lowest BCUT2D eigenvalue weighted by Crippen LogP contribution is -2.46. The molecule has 0 spiro atoms. The van der Waals surface area contributed by atoms with Gasteiger partial charge in [0.15, 0.2) is 11.5 Å². The van der Waals surface area contributed by atoms with E-state index in [9.17, 15) is 5.11 Å². The van der Waals surface area contributed by atoms with Crippen LogP contribution in [-0.4, -0.2) is 22.9 Å². The molecule has 1 aliphatic heterocycles. The van der Waals surface area contributed by atoms with Crippen molar-refractivity contribution in [2.24, 2.45) is 5.41 Å². The Balaban J connectivity index is 1.82. The lowest BCUT2D eigenvalue weighted by molar-refractivity contribution is -0.0699. The van der Waals surface area contributed by atoms with E-state index in [0.717, 1.165) is 37.2 Å². The second-order valence-corrected chi connectivity index (χ2v) is 7.76. The average Bonchev–Trinajstić information content (AvgIpc) is 2.70. The summed E-state index contributed by atoms with van der Waals surface area (Å²) in [7, 11) is 0. The van der Waals surface area contributed by atoms with Crippen molar-refractivity contribution in [1.29, 1.82) is 0 Å². The molecule has 3 nitrogen and oxygen atoms in total. The molecule has 1 saturated carbocycles. The molecule has 1 fully saturated rings. The molecule has 1 aromatic carbocycles. The van der Waals surface area contributed by atoms with Gasteiger partial charge in [0.1, 0.15) is 11.7 Å². The maximum absolute atomic E-state index is 10.5. The summed E-state index contributed by atoms with van der Waals surface area (Å²) in [6.45, 7) is 8.41. The first kappa shape index (κ1) is 14.7. The lowest BCUT2D eigenvalue weighted by atomic mass is 9.73. The lowest BCUT2D eigenvalue weighted by Gasteiger charge is -2.40. The van der Waals surface area contributed by atoms with E-state index < -0.39 is 6.10 Å². The third kappa shape index (κ3) is 2.76. The Morgan fingerprint density at radius 1 is 1.24 bits per heavy atom. The topological polar surface area (TPSA) is 38.7 Å². The molecule has 21 heavy (non-hydrogen) atoms. The van der Waals surface area contributed by atoms with Crippen LogP contribution in [-0.2, 0) is 6.42 Å². The van der Waals surface area contributed by atoms with Crippen molar-refractivity contribution in [3.63, 3.8) is 0 Å². The highest BCUT2D eigenvalue weighted by Crippen LogP contribution is 2.44. The van der Waals surface area contributed by atoms with Gasteiger partial charge in [-0.2, -0.15) is 0 Å². The minimum atomic E-state index is -0.434. The van der Waals surface area contributed by atoms with Crippen LogP contribution in [0.15, 0.2) is 18.2 Å². The van der Waals surface area contributed by atoms with Crippen molar-refractivity contribution in [3.8, 4) is 11.5 Å². The van der Waals surface area contributed by atoms with E-state index in [-0.39, 0.29) is 17.1 Å². The smallest absolute Gasteiger partial charge is 0.165 e. The van der Waals surface area contributed by atoms with Crippen molar-refractivity contribution < 1.29 is 14.6 Å². The van der Waals surface area contributed by atoms with Crippen molar-refractivity contribution >= 4 is 0 Å². The van der Waals surface area contributed by atoms with Gasteiger partial charge in [0.25, 0.3) is 0 Å². The summed E-state index contributed by atoms with van der Waals surface area (Å²) in [5.41, 5.74) is 0.940. The SMILES string of the molecule is CC1(C)Cc2cccc(OC3CCCC(C)(C)C3O)c2O1. The van der Waals surface area contributed by atoms with Crippen LogP contribution in [0.2, 0.25) is 0 Å². The van der Waals surface area contributed by atoms with Crippen LogP contribution in [0, 0.1) is 5.41 Å². The van der Waals surface area contributed by atoms with E-state index in [4.69, 9.17) is 9.47 Å². The van der Waals surface area contributed by atoms with Gasteiger partial charge in [-0.3, -0.25) is 0 Å². The van der Waals surface area contributed by atoms with E-state index in [2.05, 4.69) is 33.8 Å². The van der Waals surface area contributed by atoms with Crippen molar-refractivity contribution in [2.75, 3.05) is 0 Å². The first-order valence-corrected chi connectivity index (χ1v) is 7.94. The number of ether oxygens (including phenoxy) is 2. The number of aliphatic hydroxyl groups is 1. The van der Waals surface area contributed by atoms with Crippen LogP contribution in [0.4, 0.5) is 0 Å². The van der Waals surface area contributed by atoms with Crippen LogP contribution in [0.1, 0.15) is 52.5 Å². The number of hydrogen-bond donors (Lipinski definition) is 1. The van der Waals surface area contributed by atoms with Gasteiger partial charge in [-0.25, -0.2) is 0 Å². The summed E-state index contributed by atoms with van der Waals surface area (Å²) in [6, 6.07) is 6.06. The minimum absolute atomic E-state index is 0.0823. The number of benzene rings is 1. The monoisotopic (exact) mass is 290 g/mol. The largest absolute Gasteiger partial charge is 0.484 e. The van der Waals surface area contributed by atoms with Gasteiger partial charge in [0, 0.05) is 12.0 Å². The second kappa shape index (κ2) is 4.91. The van der Waals surface area contributed by atoms with Gasteiger partial charge in [-0.05, 0) is 44.6 Å². The molecule has 0 radical (unpaired) electrons. The zero-order chi connectivity index (χ0) is 15.3. The normalized spacial score (nSPS) is 29.6. The van der Waals surface area contributed by atoms with Gasteiger partial charge < -0.3 is 14.6 Å². The van der Waals surface area contributed by atoms with E-state index in [0.29, 0.717) is 0 Å². The van der Waals surface area contributed by atoms with Crippen molar-refractivity contribution in [1.82, 2.24) is 0 Å². The van der Waals surface area contributed by atoms with E-state index >= 15 is 0 Å². The van der Waals surface area contributed by atoms with Gasteiger partial charge in [-0.1, -0.05) is 26.0 Å². The molecule has 1 aliphatic carbocycles. The van der Waals surface area contributed by atoms with Crippen LogP contribution in [0.5, 0.6) is 11.5 Å². The predicted octanol–water partition coefficient (Wildman–Crippen LogP) is 3.72. The first-order valence-electron chi connectivity index (χ1n) is 7.94. The Morgan fingerprint density at radius 2 is 2.00 bits per heavy atom. The van der Waals surface area contributed by atoms with Crippen LogP contribution in [0.25, 0.3) is 0 Å². The van der Waals surface area contributed by atoms with Gasteiger partial charge in [0.05, 0.1) is 6.10 Å². The number of hydrogen-bond acceptors (Lipinski definition) is 3. The molecule has 2 unspecified atom stereocenters. The first-order chi connectivity index (χ1) is 9.78.